The van der Waals surface area contributed by atoms with E-state index in [0.717, 1.165) is 12.1 Å². The Labute approximate surface area is 170 Å². The molecule has 2 N–H and O–H groups in total. The fourth-order valence-electron chi connectivity index (χ4n) is 3.21. The first-order valence-corrected chi connectivity index (χ1v) is 9.74. The lowest BCUT2D eigenvalue weighted by Gasteiger charge is -2.17. The standard InChI is InChI=1S/C22H25N3O4/c1-3-15-5-9-18(10-6-15)25-14-17(13-20(25)26)22(28)24-23-21(27)16-7-11-19(12-8-16)29-4-2/h5-12,17H,3-4,13-14H2,1-2H3,(H,23,27)(H,24,28)/t17-/m1/s1. The SMILES string of the molecule is CCOc1ccc(C(=O)NNC(=O)[C@@H]2CC(=O)N(c3ccc(CC)cc3)C2)cc1. The van der Waals surface area contributed by atoms with E-state index in [4.69, 9.17) is 4.74 Å². The van der Waals surface area contributed by atoms with Gasteiger partial charge in [0, 0.05) is 24.2 Å². The number of rotatable bonds is 6. The summed E-state index contributed by atoms with van der Waals surface area (Å²) in [5, 5.41) is 0. The Balaban J connectivity index is 1.54. The molecule has 1 saturated heterocycles. The third-order valence-electron chi connectivity index (χ3n) is 4.88. The van der Waals surface area contributed by atoms with Crippen LogP contribution < -0.4 is 20.5 Å². The second-order valence-electron chi connectivity index (χ2n) is 6.83. The third-order valence-corrected chi connectivity index (χ3v) is 4.88. The van der Waals surface area contributed by atoms with Gasteiger partial charge in [-0.3, -0.25) is 25.2 Å². The molecule has 29 heavy (non-hydrogen) atoms. The molecule has 7 heteroatoms. The molecule has 0 radical (unpaired) electrons. The van der Waals surface area contributed by atoms with Gasteiger partial charge in [-0.05, 0) is 55.3 Å². The highest BCUT2D eigenvalue weighted by Crippen LogP contribution is 2.25. The molecule has 2 aromatic carbocycles. The van der Waals surface area contributed by atoms with Crippen molar-refractivity contribution >= 4 is 23.4 Å². The molecule has 3 rings (SSSR count). The number of amides is 3. The molecule has 0 unspecified atom stereocenters. The van der Waals surface area contributed by atoms with Gasteiger partial charge >= 0.3 is 0 Å². The van der Waals surface area contributed by atoms with Crippen molar-refractivity contribution in [3.05, 3.63) is 59.7 Å². The van der Waals surface area contributed by atoms with Crippen LogP contribution in [-0.2, 0) is 16.0 Å². The minimum absolute atomic E-state index is 0.104. The summed E-state index contributed by atoms with van der Waals surface area (Å²) in [6.07, 6.45) is 1.04. The first-order valence-electron chi connectivity index (χ1n) is 9.74. The van der Waals surface area contributed by atoms with Crippen LogP contribution in [0.15, 0.2) is 48.5 Å². The molecule has 1 fully saturated rings. The van der Waals surface area contributed by atoms with Crippen molar-refractivity contribution < 1.29 is 19.1 Å². The van der Waals surface area contributed by atoms with Crippen LogP contribution in [0.4, 0.5) is 5.69 Å². The molecule has 3 amide bonds. The van der Waals surface area contributed by atoms with E-state index < -0.39 is 11.8 Å². The van der Waals surface area contributed by atoms with Crippen molar-refractivity contribution in [2.24, 2.45) is 5.92 Å². The van der Waals surface area contributed by atoms with Crippen molar-refractivity contribution in [1.29, 1.82) is 0 Å². The highest BCUT2D eigenvalue weighted by molar-refractivity contribution is 6.01. The summed E-state index contributed by atoms with van der Waals surface area (Å²) in [6.45, 7) is 4.78. The summed E-state index contributed by atoms with van der Waals surface area (Å²) in [7, 11) is 0. The molecule has 1 atom stereocenters. The van der Waals surface area contributed by atoms with Crippen LogP contribution in [0.1, 0.15) is 36.2 Å². The summed E-state index contributed by atoms with van der Waals surface area (Å²) in [6, 6.07) is 14.4. The lowest BCUT2D eigenvalue weighted by Crippen LogP contribution is -2.45. The summed E-state index contributed by atoms with van der Waals surface area (Å²) in [5.74, 6) is -0.770. The molecular formula is C22H25N3O4. The number of anilines is 1. The molecule has 0 aromatic heterocycles. The lowest BCUT2D eigenvalue weighted by molar-refractivity contribution is -0.126. The number of carbonyl (C=O) groups is 3. The summed E-state index contributed by atoms with van der Waals surface area (Å²) >= 11 is 0. The Morgan fingerprint density at radius 2 is 1.72 bits per heavy atom. The first-order chi connectivity index (χ1) is 14.0. The van der Waals surface area contributed by atoms with E-state index in [0.29, 0.717) is 17.9 Å². The van der Waals surface area contributed by atoms with E-state index >= 15 is 0 Å². The molecule has 0 bridgehead atoms. The minimum Gasteiger partial charge on any atom is -0.494 e. The zero-order valence-electron chi connectivity index (χ0n) is 16.6. The van der Waals surface area contributed by atoms with Gasteiger partial charge in [0.2, 0.25) is 11.8 Å². The Hall–Kier alpha value is -3.35. The van der Waals surface area contributed by atoms with E-state index in [-0.39, 0.29) is 24.8 Å². The fraction of sp³-hybridized carbons (Fsp3) is 0.318. The first kappa shape index (κ1) is 20.4. The van der Waals surface area contributed by atoms with Crippen LogP contribution in [-0.4, -0.2) is 30.9 Å². The monoisotopic (exact) mass is 395 g/mol. The quantitative estimate of drug-likeness (QED) is 0.736. The van der Waals surface area contributed by atoms with Crippen LogP contribution in [0.25, 0.3) is 0 Å². The van der Waals surface area contributed by atoms with Gasteiger partial charge in [-0.25, -0.2) is 0 Å². The zero-order valence-corrected chi connectivity index (χ0v) is 16.6. The summed E-state index contributed by atoms with van der Waals surface area (Å²) in [4.78, 5) is 38.6. The summed E-state index contributed by atoms with van der Waals surface area (Å²) < 4.78 is 5.34. The van der Waals surface area contributed by atoms with Crippen molar-refractivity contribution in [3.63, 3.8) is 0 Å². The Kier molecular flexibility index (Phi) is 6.49. The molecule has 1 aliphatic heterocycles. The van der Waals surface area contributed by atoms with Crippen molar-refractivity contribution in [1.82, 2.24) is 10.9 Å². The maximum atomic E-state index is 12.4. The smallest absolute Gasteiger partial charge is 0.269 e. The maximum Gasteiger partial charge on any atom is 0.269 e. The minimum atomic E-state index is -0.519. The van der Waals surface area contributed by atoms with E-state index in [2.05, 4.69) is 17.8 Å². The number of ether oxygens (including phenoxy) is 1. The Morgan fingerprint density at radius 3 is 2.34 bits per heavy atom. The molecule has 0 saturated carbocycles. The highest BCUT2D eigenvalue weighted by atomic mass is 16.5. The number of benzene rings is 2. The van der Waals surface area contributed by atoms with Crippen LogP contribution in [0.2, 0.25) is 0 Å². The van der Waals surface area contributed by atoms with E-state index in [1.165, 1.54) is 5.56 Å². The number of carbonyl (C=O) groups excluding carboxylic acids is 3. The molecule has 7 nitrogen and oxygen atoms in total. The second kappa shape index (κ2) is 9.23. The number of hydrogen-bond donors (Lipinski definition) is 2. The topological polar surface area (TPSA) is 87.7 Å². The third kappa shape index (κ3) is 4.93. The normalized spacial score (nSPS) is 15.9. The number of nitrogens with one attached hydrogen (secondary N) is 2. The van der Waals surface area contributed by atoms with Crippen molar-refractivity contribution in [2.45, 2.75) is 26.7 Å². The molecule has 0 aliphatic carbocycles. The second-order valence-corrected chi connectivity index (χ2v) is 6.83. The number of hydrogen-bond acceptors (Lipinski definition) is 4. The number of hydrazine groups is 1. The molecule has 1 heterocycles. The van der Waals surface area contributed by atoms with E-state index in [9.17, 15) is 14.4 Å². The summed E-state index contributed by atoms with van der Waals surface area (Å²) in [5.41, 5.74) is 7.19. The van der Waals surface area contributed by atoms with Gasteiger partial charge in [0.1, 0.15) is 5.75 Å². The number of aryl methyl sites for hydroxylation is 1. The van der Waals surface area contributed by atoms with Crippen LogP contribution >= 0.6 is 0 Å². The van der Waals surface area contributed by atoms with Crippen molar-refractivity contribution in [2.75, 3.05) is 18.1 Å². The lowest BCUT2D eigenvalue weighted by atomic mass is 10.1. The van der Waals surface area contributed by atoms with Gasteiger partial charge < -0.3 is 9.64 Å². The number of nitrogens with zero attached hydrogens (tertiary/aromatic N) is 1. The van der Waals surface area contributed by atoms with E-state index in [1.54, 1.807) is 29.2 Å². The van der Waals surface area contributed by atoms with E-state index in [1.807, 2.05) is 31.2 Å². The van der Waals surface area contributed by atoms with Crippen LogP contribution in [0.3, 0.4) is 0 Å². The van der Waals surface area contributed by atoms with Crippen LogP contribution in [0.5, 0.6) is 5.75 Å². The molecule has 0 spiro atoms. The van der Waals surface area contributed by atoms with Crippen molar-refractivity contribution in [3.8, 4) is 5.75 Å². The average Bonchev–Trinajstić information content (AvgIpc) is 3.14. The average molecular weight is 395 g/mol. The maximum absolute atomic E-state index is 12.4. The molecule has 152 valence electrons. The largest absolute Gasteiger partial charge is 0.494 e. The van der Waals surface area contributed by atoms with Crippen LogP contribution in [0, 0.1) is 5.92 Å². The van der Waals surface area contributed by atoms with Gasteiger partial charge in [-0.15, -0.1) is 0 Å². The predicted molar refractivity (Wildman–Crippen MR) is 109 cm³/mol. The van der Waals surface area contributed by atoms with Gasteiger partial charge in [0.25, 0.3) is 5.91 Å². The highest BCUT2D eigenvalue weighted by Gasteiger charge is 2.35. The molecular weight excluding hydrogens is 370 g/mol. The van der Waals surface area contributed by atoms with Gasteiger partial charge in [-0.1, -0.05) is 19.1 Å². The molecule has 1 aliphatic rings. The zero-order chi connectivity index (χ0) is 20.8. The predicted octanol–water partition coefficient (Wildman–Crippen LogP) is 2.46. The molecule has 2 aromatic rings. The Morgan fingerprint density at radius 1 is 1.03 bits per heavy atom. The van der Waals surface area contributed by atoms with Gasteiger partial charge in [0.15, 0.2) is 0 Å². The van der Waals surface area contributed by atoms with Gasteiger partial charge in [0.05, 0.1) is 12.5 Å². The van der Waals surface area contributed by atoms with Gasteiger partial charge in [-0.2, -0.15) is 0 Å². The Bertz CT molecular complexity index is 878. The fourth-order valence-corrected chi connectivity index (χ4v) is 3.21.